The standard InChI is InChI=1S/C13H20N2/c1-10(8-11-6-7-11)15-9-12-4-2-3-5-13(12)14/h2-5,10-11,15H,6-9,14H2,1H3. The molecule has 2 rings (SSSR count). The zero-order chi connectivity index (χ0) is 10.7. The van der Waals surface area contributed by atoms with E-state index in [1.54, 1.807) is 0 Å². The Kier molecular flexibility index (Phi) is 3.27. The number of nitrogen functional groups attached to an aromatic ring is 1. The first-order valence-electron chi connectivity index (χ1n) is 5.82. The maximum Gasteiger partial charge on any atom is 0.0359 e. The lowest BCUT2D eigenvalue weighted by atomic mass is 10.1. The number of para-hydroxylation sites is 1. The summed E-state index contributed by atoms with van der Waals surface area (Å²) in [7, 11) is 0. The number of nitrogens with one attached hydrogen (secondary N) is 1. The Bertz CT molecular complexity index is 318. The van der Waals surface area contributed by atoms with Crippen LogP contribution >= 0.6 is 0 Å². The second-order valence-electron chi connectivity index (χ2n) is 4.66. The molecule has 15 heavy (non-hydrogen) atoms. The summed E-state index contributed by atoms with van der Waals surface area (Å²) in [5.41, 5.74) is 7.98. The van der Waals surface area contributed by atoms with E-state index >= 15 is 0 Å². The molecule has 0 spiro atoms. The fraction of sp³-hybridized carbons (Fsp3) is 0.538. The third kappa shape index (κ3) is 3.24. The fourth-order valence-electron chi connectivity index (χ4n) is 1.92. The van der Waals surface area contributed by atoms with Crippen LogP contribution in [0.2, 0.25) is 0 Å². The lowest BCUT2D eigenvalue weighted by Gasteiger charge is -2.14. The van der Waals surface area contributed by atoms with Crippen molar-refractivity contribution in [1.82, 2.24) is 5.32 Å². The van der Waals surface area contributed by atoms with Gasteiger partial charge in [-0.3, -0.25) is 0 Å². The van der Waals surface area contributed by atoms with Crippen molar-refractivity contribution in [2.45, 2.75) is 38.8 Å². The van der Waals surface area contributed by atoms with Crippen molar-refractivity contribution < 1.29 is 0 Å². The lowest BCUT2D eigenvalue weighted by molar-refractivity contribution is 0.488. The third-order valence-electron chi connectivity index (χ3n) is 3.08. The van der Waals surface area contributed by atoms with E-state index < -0.39 is 0 Å². The third-order valence-corrected chi connectivity index (χ3v) is 3.08. The predicted molar refractivity (Wildman–Crippen MR) is 64.5 cm³/mol. The van der Waals surface area contributed by atoms with Gasteiger partial charge in [0.25, 0.3) is 0 Å². The van der Waals surface area contributed by atoms with Crippen molar-refractivity contribution in [2.24, 2.45) is 5.92 Å². The van der Waals surface area contributed by atoms with Crippen LogP contribution in [0.1, 0.15) is 31.7 Å². The molecular formula is C13H20N2. The summed E-state index contributed by atoms with van der Waals surface area (Å²) >= 11 is 0. The smallest absolute Gasteiger partial charge is 0.0359 e. The van der Waals surface area contributed by atoms with Crippen LogP contribution in [0.4, 0.5) is 5.69 Å². The molecule has 1 fully saturated rings. The lowest BCUT2D eigenvalue weighted by Crippen LogP contribution is -2.26. The maximum absolute atomic E-state index is 5.88. The number of benzene rings is 1. The van der Waals surface area contributed by atoms with Gasteiger partial charge in [-0.05, 0) is 30.9 Å². The van der Waals surface area contributed by atoms with E-state index in [2.05, 4.69) is 18.3 Å². The van der Waals surface area contributed by atoms with Gasteiger partial charge in [0.1, 0.15) is 0 Å². The summed E-state index contributed by atoms with van der Waals surface area (Å²) in [6.45, 7) is 3.15. The van der Waals surface area contributed by atoms with E-state index in [4.69, 9.17) is 5.73 Å². The number of nitrogens with two attached hydrogens (primary N) is 1. The molecule has 0 amide bonds. The van der Waals surface area contributed by atoms with E-state index in [9.17, 15) is 0 Å². The molecule has 3 N–H and O–H groups in total. The molecule has 2 nitrogen and oxygen atoms in total. The molecule has 0 radical (unpaired) electrons. The average molecular weight is 204 g/mol. The van der Waals surface area contributed by atoms with Crippen LogP contribution in [0.15, 0.2) is 24.3 Å². The molecule has 0 saturated heterocycles. The summed E-state index contributed by atoms with van der Waals surface area (Å²) in [4.78, 5) is 0. The summed E-state index contributed by atoms with van der Waals surface area (Å²) in [6, 6.07) is 8.68. The molecule has 0 aliphatic heterocycles. The molecular weight excluding hydrogens is 184 g/mol. The first-order chi connectivity index (χ1) is 7.25. The van der Waals surface area contributed by atoms with Crippen LogP contribution in [0.3, 0.4) is 0 Å². The highest BCUT2D eigenvalue weighted by Gasteiger charge is 2.23. The van der Waals surface area contributed by atoms with Crippen LogP contribution in [-0.4, -0.2) is 6.04 Å². The Labute approximate surface area is 91.9 Å². The summed E-state index contributed by atoms with van der Waals surface area (Å²) in [5.74, 6) is 0.987. The van der Waals surface area contributed by atoms with Crippen LogP contribution in [0.5, 0.6) is 0 Å². The van der Waals surface area contributed by atoms with E-state index in [0.717, 1.165) is 18.2 Å². The molecule has 1 saturated carbocycles. The van der Waals surface area contributed by atoms with Gasteiger partial charge in [0.2, 0.25) is 0 Å². The van der Waals surface area contributed by atoms with Gasteiger partial charge in [-0.2, -0.15) is 0 Å². The number of anilines is 1. The van der Waals surface area contributed by atoms with E-state index in [1.165, 1.54) is 24.8 Å². The van der Waals surface area contributed by atoms with Crippen molar-refractivity contribution in [3.63, 3.8) is 0 Å². The van der Waals surface area contributed by atoms with Gasteiger partial charge in [-0.25, -0.2) is 0 Å². The van der Waals surface area contributed by atoms with E-state index in [-0.39, 0.29) is 0 Å². The van der Waals surface area contributed by atoms with Crippen LogP contribution in [0.25, 0.3) is 0 Å². The van der Waals surface area contributed by atoms with Crippen molar-refractivity contribution in [3.05, 3.63) is 29.8 Å². The Morgan fingerprint density at radius 3 is 2.80 bits per heavy atom. The molecule has 0 heterocycles. The topological polar surface area (TPSA) is 38.0 Å². The van der Waals surface area contributed by atoms with Gasteiger partial charge < -0.3 is 11.1 Å². The monoisotopic (exact) mass is 204 g/mol. The molecule has 1 aromatic carbocycles. The highest BCUT2D eigenvalue weighted by molar-refractivity contribution is 5.46. The Morgan fingerprint density at radius 1 is 1.40 bits per heavy atom. The minimum atomic E-state index is 0.608. The maximum atomic E-state index is 5.88. The largest absolute Gasteiger partial charge is 0.398 e. The molecule has 1 aliphatic carbocycles. The molecule has 0 aromatic heterocycles. The highest BCUT2D eigenvalue weighted by atomic mass is 14.9. The van der Waals surface area contributed by atoms with Crippen molar-refractivity contribution in [2.75, 3.05) is 5.73 Å². The van der Waals surface area contributed by atoms with Gasteiger partial charge in [0, 0.05) is 18.3 Å². The summed E-state index contributed by atoms with van der Waals surface area (Å²) in [5, 5.41) is 3.53. The molecule has 1 aromatic rings. The quantitative estimate of drug-likeness (QED) is 0.723. The second-order valence-corrected chi connectivity index (χ2v) is 4.66. The average Bonchev–Trinajstić information content (AvgIpc) is 3.00. The minimum Gasteiger partial charge on any atom is -0.398 e. The van der Waals surface area contributed by atoms with E-state index in [0.29, 0.717) is 6.04 Å². The van der Waals surface area contributed by atoms with Gasteiger partial charge in [0.15, 0.2) is 0 Å². The van der Waals surface area contributed by atoms with Gasteiger partial charge in [0.05, 0.1) is 0 Å². The van der Waals surface area contributed by atoms with Crippen LogP contribution in [-0.2, 0) is 6.54 Å². The predicted octanol–water partition coefficient (Wildman–Crippen LogP) is 2.55. The van der Waals surface area contributed by atoms with Crippen LogP contribution in [0, 0.1) is 5.92 Å². The normalized spacial score (nSPS) is 17.7. The first-order valence-corrected chi connectivity index (χ1v) is 5.82. The summed E-state index contributed by atoms with van der Waals surface area (Å²) in [6.07, 6.45) is 4.17. The molecule has 0 bridgehead atoms. The number of hydrogen-bond donors (Lipinski definition) is 2. The minimum absolute atomic E-state index is 0.608. The SMILES string of the molecule is CC(CC1CC1)NCc1ccccc1N. The fourth-order valence-corrected chi connectivity index (χ4v) is 1.92. The number of hydrogen-bond acceptors (Lipinski definition) is 2. The molecule has 1 atom stereocenters. The Hall–Kier alpha value is -1.02. The Balaban J connectivity index is 1.78. The van der Waals surface area contributed by atoms with Gasteiger partial charge >= 0.3 is 0 Å². The van der Waals surface area contributed by atoms with Crippen LogP contribution < -0.4 is 11.1 Å². The highest BCUT2D eigenvalue weighted by Crippen LogP contribution is 2.33. The van der Waals surface area contributed by atoms with Crippen molar-refractivity contribution in [1.29, 1.82) is 0 Å². The Morgan fingerprint density at radius 2 is 2.13 bits per heavy atom. The van der Waals surface area contributed by atoms with Crippen molar-refractivity contribution in [3.8, 4) is 0 Å². The molecule has 82 valence electrons. The van der Waals surface area contributed by atoms with Gasteiger partial charge in [-0.15, -0.1) is 0 Å². The van der Waals surface area contributed by atoms with Gasteiger partial charge in [-0.1, -0.05) is 31.0 Å². The number of rotatable bonds is 5. The molecule has 1 unspecified atom stereocenters. The zero-order valence-electron chi connectivity index (χ0n) is 9.37. The summed E-state index contributed by atoms with van der Waals surface area (Å²) < 4.78 is 0. The first kappa shape index (κ1) is 10.5. The molecule has 2 heteroatoms. The second kappa shape index (κ2) is 4.67. The van der Waals surface area contributed by atoms with Crippen molar-refractivity contribution >= 4 is 5.69 Å². The van der Waals surface area contributed by atoms with E-state index in [1.807, 2.05) is 18.2 Å². The zero-order valence-corrected chi connectivity index (χ0v) is 9.37. The molecule has 1 aliphatic rings.